The van der Waals surface area contributed by atoms with Crippen LogP contribution >= 0.6 is 11.8 Å². The van der Waals surface area contributed by atoms with Crippen LogP contribution in [0.4, 0.5) is 0 Å². The zero-order chi connectivity index (χ0) is 12.5. The molecule has 0 aliphatic rings. The molecule has 0 bridgehead atoms. The standard InChI is InChI=1S/C13H14N4S/c1-3-7-18-13-15-12-11(16-17-13)9-6-4-5-8(2)10(9)14-12/h4-6H,3,7H2,1-2H3,(H,14,15,17). The summed E-state index contributed by atoms with van der Waals surface area (Å²) >= 11 is 1.64. The number of fused-ring (bicyclic) bond motifs is 3. The van der Waals surface area contributed by atoms with Crippen molar-refractivity contribution in [2.75, 3.05) is 5.75 Å². The van der Waals surface area contributed by atoms with E-state index in [4.69, 9.17) is 0 Å². The van der Waals surface area contributed by atoms with E-state index in [1.807, 2.05) is 6.07 Å². The van der Waals surface area contributed by atoms with Gasteiger partial charge in [-0.3, -0.25) is 0 Å². The van der Waals surface area contributed by atoms with Gasteiger partial charge in [0.25, 0.3) is 0 Å². The fraction of sp³-hybridized carbons (Fsp3) is 0.308. The number of aromatic amines is 1. The van der Waals surface area contributed by atoms with Gasteiger partial charge in [0.1, 0.15) is 5.52 Å². The normalized spacial score (nSPS) is 11.4. The molecule has 1 N–H and O–H groups in total. The molecule has 18 heavy (non-hydrogen) atoms. The van der Waals surface area contributed by atoms with Crippen LogP contribution in [0.15, 0.2) is 23.4 Å². The van der Waals surface area contributed by atoms with Crippen molar-refractivity contribution in [3.05, 3.63) is 23.8 Å². The molecule has 92 valence electrons. The summed E-state index contributed by atoms with van der Waals surface area (Å²) in [5.74, 6) is 1.02. The monoisotopic (exact) mass is 258 g/mol. The Morgan fingerprint density at radius 2 is 2.17 bits per heavy atom. The Balaban J connectivity index is 2.17. The molecular weight excluding hydrogens is 244 g/mol. The van der Waals surface area contributed by atoms with Crippen molar-refractivity contribution in [3.63, 3.8) is 0 Å². The van der Waals surface area contributed by atoms with Crippen LogP contribution in [-0.2, 0) is 0 Å². The van der Waals surface area contributed by atoms with E-state index in [1.54, 1.807) is 11.8 Å². The van der Waals surface area contributed by atoms with E-state index in [-0.39, 0.29) is 0 Å². The van der Waals surface area contributed by atoms with Crippen molar-refractivity contribution in [1.29, 1.82) is 0 Å². The van der Waals surface area contributed by atoms with Crippen molar-refractivity contribution < 1.29 is 0 Å². The third-order valence-electron chi connectivity index (χ3n) is 2.87. The molecule has 1 aromatic carbocycles. The van der Waals surface area contributed by atoms with Crippen LogP contribution in [0.25, 0.3) is 22.1 Å². The molecule has 2 aromatic heterocycles. The Morgan fingerprint density at radius 3 is 3.00 bits per heavy atom. The minimum atomic E-state index is 0.744. The highest BCUT2D eigenvalue weighted by atomic mass is 32.2. The van der Waals surface area contributed by atoms with Crippen molar-refractivity contribution in [2.24, 2.45) is 0 Å². The zero-order valence-corrected chi connectivity index (χ0v) is 11.2. The number of hydrogen-bond donors (Lipinski definition) is 1. The third kappa shape index (κ3) is 1.84. The number of H-pyrrole nitrogens is 1. The highest BCUT2D eigenvalue weighted by Crippen LogP contribution is 2.25. The van der Waals surface area contributed by atoms with Gasteiger partial charge in [-0.2, -0.15) is 0 Å². The Labute approximate surface area is 109 Å². The average Bonchev–Trinajstić information content (AvgIpc) is 2.76. The van der Waals surface area contributed by atoms with Gasteiger partial charge in [-0.15, -0.1) is 10.2 Å². The third-order valence-corrected chi connectivity index (χ3v) is 3.92. The van der Waals surface area contributed by atoms with Gasteiger partial charge in [0.05, 0.1) is 5.52 Å². The topological polar surface area (TPSA) is 54.5 Å². The summed E-state index contributed by atoms with van der Waals surface area (Å²) in [6.07, 6.45) is 1.11. The lowest BCUT2D eigenvalue weighted by molar-refractivity contribution is 0.876. The molecule has 0 amide bonds. The van der Waals surface area contributed by atoms with E-state index in [0.29, 0.717) is 0 Å². The van der Waals surface area contributed by atoms with Gasteiger partial charge in [0.2, 0.25) is 5.16 Å². The number of para-hydroxylation sites is 1. The fourth-order valence-corrected chi connectivity index (χ4v) is 2.62. The summed E-state index contributed by atoms with van der Waals surface area (Å²) in [7, 11) is 0. The van der Waals surface area contributed by atoms with E-state index < -0.39 is 0 Å². The smallest absolute Gasteiger partial charge is 0.211 e. The summed E-state index contributed by atoms with van der Waals surface area (Å²) in [5, 5.41) is 10.3. The molecule has 0 fully saturated rings. The molecule has 0 unspecified atom stereocenters. The molecule has 0 saturated carbocycles. The Hall–Kier alpha value is -1.62. The number of hydrogen-bond acceptors (Lipinski definition) is 4. The summed E-state index contributed by atoms with van der Waals surface area (Å²) < 4.78 is 0. The molecule has 3 aromatic rings. The predicted molar refractivity (Wildman–Crippen MR) is 74.9 cm³/mol. The van der Waals surface area contributed by atoms with Crippen LogP contribution in [0.2, 0.25) is 0 Å². The maximum Gasteiger partial charge on any atom is 0.211 e. The molecule has 0 saturated heterocycles. The van der Waals surface area contributed by atoms with Crippen LogP contribution in [0.5, 0.6) is 0 Å². The van der Waals surface area contributed by atoms with Gasteiger partial charge in [0.15, 0.2) is 5.65 Å². The second kappa shape index (κ2) is 4.57. The highest BCUT2D eigenvalue weighted by Gasteiger charge is 2.10. The van der Waals surface area contributed by atoms with Crippen molar-refractivity contribution in [2.45, 2.75) is 25.4 Å². The second-order valence-electron chi connectivity index (χ2n) is 4.26. The van der Waals surface area contributed by atoms with Crippen LogP contribution < -0.4 is 0 Å². The van der Waals surface area contributed by atoms with Gasteiger partial charge in [-0.1, -0.05) is 36.9 Å². The highest BCUT2D eigenvalue weighted by molar-refractivity contribution is 7.99. The number of benzene rings is 1. The van der Waals surface area contributed by atoms with Crippen LogP contribution in [0.3, 0.4) is 0 Å². The van der Waals surface area contributed by atoms with E-state index in [2.05, 4.69) is 46.1 Å². The Kier molecular flexibility index (Phi) is 2.91. The maximum absolute atomic E-state index is 4.52. The lowest BCUT2D eigenvalue weighted by Gasteiger charge is -1.96. The second-order valence-corrected chi connectivity index (χ2v) is 5.32. The van der Waals surface area contributed by atoms with Crippen molar-refractivity contribution >= 4 is 33.8 Å². The van der Waals surface area contributed by atoms with Crippen molar-refractivity contribution in [3.8, 4) is 0 Å². The number of nitrogens with one attached hydrogen (secondary N) is 1. The van der Waals surface area contributed by atoms with Gasteiger partial charge in [0, 0.05) is 11.1 Å². The molecule has 0 aliphatic heterocycles. The zero-order valence-electron chi connectivity index (χ0n) is 10.4. The van der Waals surface area contributed by atoms with E-state index in [1.165, 1.54) is 5.56 Å². The van der Waals surface area contributed by atoms with Crippen LogP contribution in [0, 0.1) is 6.92 Å². The largest absolute Gasteiger partial charge is 0.337 e. The number of aryl methyl sites for hydroxylation is 1. The van der Waals surface area contributed by atoms with Gasteiger partial charge in [-0.05, 0) is 18.9 Å². The molecule has 5 heteroatoms. The van der Waals surface area contributed by atoms with Crippen molar-refractivity contribution in [1.82, 2.24) is 20.2 Å². The molecule has 2 heterocycles. The van der Waals surface area contributed by atoms with E-state index in [0.717, 1.165) is 39.4 Å². The SMILES string of the molecule is CCCSc1nnc2c(n1)[nH]c1c(C)cccc12. The molecule has 0 spiro atoms. The minimum Gasteiger partial charge on any atom is -0.337 e. The Morgan fingerprint density at radius 1 is 1.28 bits per heavy atom. The van der Waals surface area contributed by atoms with Gasteiger partial charge >= 0.3 is 0 Å². The predicted octanol–water partition coefficient (Wildman–Crippen LogP) is 3.32. The van der Waals surface area contributed by atoms with Gasteiger partial charge < -0.3 is 4.98 Å². The molecular formula is C13H14N4S. The van der Waals surface area contributed by atoms with Crippen LogP contribution in [0.1, 0.15) is 18.9 Å². The summed E-state index contributed by atoms with van der Waals surface area (Å²) in [6, 6.07) is 6.17. The summed E-state index contributed by atoms with van der Waals surface area (Å²) in [5.41, 5.74) is 3.99. The number of thioether (sulfide) groups is 1. The maximum atomic E-state index is 4.52. The molecule has 0 radical (unpaired) electrons. The van der Waals surface area contributed by atoms with E-state index >= 15 is 0 Å². The fourth-order valence-electron chi connectivity index (χ4n) is 1.98. The molecule has 0 atom stereocenters. The first-order chi connectivity index (χ1) is 8.79. The number of aromatic nitrogens is 4. The lowest BCUT2D eigenvalue weighted by atomic mass is 10.1. The average molecular weight is 258 g/mol. The molecule has 3 rings (SSSR count). The molecule has 0 aliphatic carbocycles. The number of rotatable bonds is 3. The Bertz CT molecular complexity index is 705. The quantitative estimate of drug-likeness (QED) is 0.732. The molecule has 4 nitrogen and oxygen atoms in total. The summed E-state index contributed by atoms with van der Waals surface area (Å²) in [6.45, 7) is 4.23. The first-order valence-electron chi connectivity index (χ1n) is 6.04. The van der Waals surface area contributed by atoms with E-state index in [9.17, 15) is 0 Å². The first kappa shape index (κ1) is 11.5. The minimum absolute atomic E-state index is 0.744. The first-order valence-corrected chi connectivity index (χ1v) is 7.02. The van der Waals surface area contributed by atoms with Crippen LogP contribution in [-0.4, -0.2) is 25.9 Å². The lowest BCUT2D eigenvalue weighted by Crippen LogP contribution is -1.91. The van der Waals surface area contributed by atoms with Gasteiger partial charge in [-0.25, -0.2) is 4.98 Å². The number of nitrogens with zero attached hydrogens (tertiary/aromatic N) is 3. The summed E-state index contributed by atoms with van der Waals surface area (Å²) in [4.78, 5) is 7.86.